The van der Waals surface area contributed by atoms with Crippen LogP contribution in [-0.2, 0) is 10.0 Å². The van der Waals surface area contributed by atoms with Gasteiger partial charge in [0.25, 0.3) is 10.0 Å². The van der Waals surface area contributed by atoms with Crippen molar-refractivity contribution in [2.24, 2.45) is 0 Å². The molecule has 0 atom stereocenters. The smallest absolute Gasteiger partial charge is 0.268 e. The summed E-state index contributed by atoms with van der Waals surface area (Å²) in [4.78, 5) is 0.0252. The number of methoxy groups -OCH3 is 2. The Balaban J connectivity index is 2.15. The summed E-state index contributed by atoms with van der Waals surface area (Å²) in [6.07, 6.45) is 0. The number of ether oxygens (including phenoxy) is 3. The minimum atomic E-state index is -3.88. The molecule has 8 heteroatoms. The van der Waals surface area contributed by atoms with Crippen LogP contribution in [0.3, 0.4) is 0 Å². The van der Waals surface area contributed by atoms with E-state index in [2.05, 4.69) is 0 Å². The van der Waals surface area contributed by atoms with Crippen molar-refractivity contribution in [3.63, 3.8) is 0 Å². The Morgan fingerprint density at radius 3 is 2.62 bits per heavy atom. The summed E-state index contributed by atoms with van der Waals surface area (Å²) in [5.41, 5.74) is 0.402. The molecule has 1 heterocycles. The van der Waals surface area contributed by atoms with Gasteiger partial charge in [-0.1, -0.05) is 11.6 Å². The van der Waals surface area contributed by atoms with Gasteiger partial charge in [-0.2, -0.15) is 0 Å². The summed E-state index contributed by atoms with van der Waals surface area (Å²) >= 11 is 6.02. The molecular formula is C16H16ClNO5S. The largest absolute Gasteiger partial charge is 0.497 e. The first kappa shape index (κ1) is 16.7. The van der Waals surface area contributed by atoms with Crippen LogP contribution in [0, 0.1) is 0 Å². The number of anilines is 1. The predicted octanol–water partition coefficient (Wildman–Crippen LogP) is 2.94. The van der Waals surface area contributed by atoms with Crippen molar-refractivity contribution in [2.45, 2.75) is 4.90 Å². The van der Waals surface area contributed by atoms with Crippen molar-refractivity contribution in [1.82, 2.24) is 0 Å². The molecule has 0 spiro atoms. The van der Waals surface area contributed by atoms with Gasteiger partial charge in [0, 0.05) is 11.1 Å². The van der Waals surface area contributed by atoms with Gasteiger partial charge >= 0.3 is 0 Å². The molecular weight excluding hydrogens is 354 g/mol. The average Bonchev–Trinajstić information content (AvgIpc) is 2.60. The molecule has 2 aromatic carbocycles. The van der Waals surface area contributed by atoms with Crippen LogP contribution < -0.4 is 18.5 Å². The van der Waals surface area contributed by atoms with Gasteiger partial charge in [0.15, 0.2) is 0 Å². The van der Waals surface area contributed by atoms with Gasteiger partial charge in [-0.3, -0.25) is 4.31 Å². The number of benzene rings is 2. The monoisotopic (exact) mass is 369 g/mol. The molecule has 0 bridgehead atoms. The van der Waals surface area contributed by atoms with Crippen LogP contribution in [0.15, 0.2) is 41.3 Å². The van der Waals surface area contributed by atoms with Crippen molar-refractivity contribution in [2.75, 3.05) is 31.7 Å². The fourth-order valence-electron chi connectivity index (χ4n) is 2.52. The highest BCUT2D eigenvalue weighted by molar-refractivity contribution is 7.93. The first-order chi connectivity index (χ1) is 11.5. The lowest BCUT2D eigenvalue weighted by Crippen LogP contribution is -2.38. The first-order valence-corrected chi connectivity index (χ1v) is 8.96. The molecule has 0 aromatic heterocycles. The van der Waals surface area contributed by atoms with Crippen LogP contribution >= 0.6 is 11.6 Å². The molecule has 0 radical (unpaired) electrons. The van der Waals surface area contributed by atoms with Crippen molar-refractivity contribution < 1.29 is 22.6 Å². The molecule has 24 heavy (non-hydrogen) atoms. The van der Waals surface area contributed by atoms with Gasteiger partial charge in [0.05, 0.1) is 26.5 Å². The molecule has 128 valence electrons. The van der Waals surface area contributed by atoms with E-state index in [4.69, 9.17) is 25.8 Å². The molecule has 0 fully saturated rings. The molecule has 1 aliphatic rings. The maximum absolute atomic E-state index is 13.2. The van der Waals surface area contributed by atoms with Crippen LogP contribution in [0.2, 0.25) is 5.02 Å². The van der Waals surface area contributed by atoms with Gasteiger partial charge in [-0.25, -0.2) is 8.42 Å². The number of halogens is 1. The minimum Gasteiger partial charge on any atom is -0.497 e. The molecule has 2 aromatic rings. The van der Waals surface area contributed by atoms with Crippen molar-refractivity contribution in [1.29, 1.82) is 0 Å². The Morgan fingerprint density at radius 1 is 1.12 bits per heavy atom. The molecule has 3 rings (SSSR count). The third kappa shape index (κ3) is 2.85. The molecule has 0 aliphatic carbocycles. The second kappa shape index (κ2) is 6.41. The van der Waals surface area contributed by atoms with E-state index in [1.165, 1.54) is 24.6 Å². The van der Waals surface area contributed by atoms with E-state index in [1.54, 1.807) is 30.3 Å². The van der Waals surface area contributed by atoms with Crippen molar-refractivity contribution in [3.8, 4) is 17.2 Å². The van der Waals surface area contributed by atoms with Crippen molar-refractivity contribution in [3.05, 3.63) is 41.4 Å². The fourth-order valence-corrected chi connectivity index (χ4v) is 4.31. The zero-order valence-corrected chi connectivity index (χ0v) is 14.7. The van der Waals surface area contributed by atoms with Gasteiger partial charge in [0.2, 0.25) is 0 Å². The average molecular weight is 370 g/mol. The van der Waals surface area contributed by atoms with E-state index >= 15 is 0 Å². The Kier molecular flexibility index (Phi) is 4.47. The van der Waals surface area contributed by atoms with Crippen LogP contribution in [0.5, 0.6) is 17.2 Å². The standard InChI is InChI=1S/C16H16ClNO5S/c1-21-12-4-6-15(22-2)16(10-12)24(19,20)18-7-8-23-14-5-3-11(17)9-13(14)18/h3-6,9-10H,7-8H2,1-2H3. The summed E-state index contributed by atoms with van der Waals surface area (Å²) in [6, 6.07) is 9.52. The Morgan fingerprint density at radius 2 is 1.92 bits per heavy atom. The molecule has 0 amide bonds. The van der Waals surface area contributed by atoms with E-state index < -0.39 is 10.0 Å². The second-order valence-corrected chi connectivity index (χ2v) is 7.32. The Hall–Kier alpha value is -2.12. The number of rotatable bonds is 4. The highest BCUT2D eigenvalue weighted by atomic mass is 35.5. The molecule has 1 aliphatic heterocycles. The predicted molar refractivity (Wildman–Crippen MR) is 91.0 cm³/mol. The van der Waals surface area contributed by atoms with Crippen LogP contribution in [0.1, 0.15) is 0 Å². The van der Waals surface area contributed by atoms with Crippen LogP contribution in [0.4, 0.5) is 5.69 Å². The Bertz CT molecular complexity index is 869. The maximum atomic E-state index is 13.2. The topological polar surface area (TPSA) is 65.1 Å². The molecule has 0 saturated heterocycles. The number of hydrogen-bond donors (Lipinski definition) is 0. The fraction of sp³-hybridized carbons (Fsp3) is 0.250. The summed E-state index contributed by atoms with van der Waals surface area (Å²) in [5, 5.41) is 0.428. The molecule has 0 saturated carbocycles. The lowest BCUT2D eigenvalue weighted by atomic mass is 10.2. The minimum absolute atomic E-state index is 0.0252. The normalized spacial score (nSPS) is 13.9. The summed E-state index contributed by atoms with van der Waals surface area (Å²) in [5.74, 6) is 1.14. The maximum Gasteiger partial charge on any atom is 0.268 e. The lowest BCUT2D eigenvalue weighted by molar-refractivity contribution is 0.315. The zero-order valence-electron chi connectivity index (χ0n) is 13.2. The van der Waals surface area contributed by atoms with E-state index in [9.17, 15) is 8.42 Å². The first-order valence-electron chi connectivity index (χ1n) is 7.14. The van der Waals surface area contributed by atoms with Gasteiger partial charge in [0.1, 0.15) is 28.8 Å². The molecule has 0 N–H and O–H groups in total. The third-order valence-electron chi connectivity index (χ3n) is 3.68. The van der Waals surface area contributed by atoms with E-state index in [0.29, 0.717) is 22.2 Å². The molecule has 6 nitrogen and oxygen atoms in total. The highest BCUT2D eigenvalue weighted by Crippen LogP contribution is 2.39. The Labute approximate surface area is 145 Å². The number of nitrogens with zero attached hydrogens (tertiary/aromatic N) is 1. The number of hydrogen-bond acceptors (Lipinski definition) is 5. The van der Waals surface area contributed by atoms with Crippen molar-refractivity contribution >= 4 is 27.3 Å². The highest BCUT2D eigenvalue weighted by Gasteiger charge is 2.33. The summed E-state index contributed by atoms with van der Waals surface area (Å²) in [6.45, 7) is 0.427. The van der Waals surface area contributed by atoms with Gasteiger partial charge in [-0.15, -0.1) is 0 Å². The SMILES string of the molecule is COc1ccc(OC)c(S(=O)(=O)N2CCOc3ccc(Cl)cc32)c1. The van der Waals surface area contributed by atoms with E-state index in [-0.39, 0.29) is 23.8 Å². The van der Waals surface area contributed by atoms with Gasteiger partial charge in [-0.05, 0) is 30.3 Å². The van der Waals surface area contributed by atoms with E-state index in [0.717, 1.165) is 0 Å². The van der Waals surface area contributed by atoms with E-state index in [1.807, 2.05) is 0 Å². The summed E-state index contributed by atoms with van der Waals surface area (Å²) in [7, 11) is -0.982. The van der Waals surface area contributed by atoms with Crippen LogP contribution in [-0.4, -0.2) is 35.8 Å². The second-order valence-electron chi connectivity index (χ2n) is 5.05. The number of fused-ring (bicyclic) bond motifs is 1. The molecule has 0 unspecified atom stereocenters. The zero-order chi connectivity index (χ0) is 17.3. The summed E-state index contributed by atoms with van der Waals surface area (Å²) < 4.78 is 43.6. The van der Waals surface area contributed by atoms with Gasteiger partial charge < -0.3 is 14.2 Å². The number of sulfonamides is 1. The quantitative estimate of drug-likeness (QED) is 0.829. The van der Waals surface area contributed by atoms with Crippen LogP contribution in [0.25, 0.3) is 0 Å². The lowest BCUT2D eigenvalue weighted by Gasteiger charge is -2.31. The third-order valence-corrected chi connectivity index (χ3v) is 5.75.